The molecule has 2 aromatic rings. The summed E-state index contributed by atoms with van der Waals surface area (Å²) in [5, 5.41) is 10.6. The van der Waals surface area contributed by atoms with E-state index in [0.717, 1.165) is 5.56 Å². The summed E-state index contributed by atoms with van der Waals surface area (Å²) >= 11 is 1.66. The van der Waals surface area contributed by atoms with Crippen LogP contribution in [0.1, 0.15) is 25.0 Å². The minimum Gasteiger partial charge on any atom is -0.352 e. The molecule has 0 aliphatic rings. The first-order valence-electron chi connectivity index (χ1n) is 8.37. The quantitative estimate of drug-likeness (QED) is 0.559. The summed E-state index contributed by atoms with van der Waals surface area (Å²) < 4.78 is 26.3. The van der Waals surface area contributed by atoms with E-state index in [1.165, 1.54) is 9.87 Å². The zero-order valence-corrected chi connectivity index (χ0v) is 17.2. The lowest BCUT2D eigenvalue weighted by Gasteiger charge is -2.21. The van der Waals surface area contributed by atoms with E-state index in [9.17, 15) is 8.42 Å². The molecule has 0 unspecified atom stereocenters. The Morgan fingerprint density at radius 3 is 2.23 bits per heavy atom. The lowest BCUT2D eigenvalue weighted by molar-refractivity contribution is 0.410. The highest BCUT2D eigenvalue weighted by atomic mass is 32.2. The number of nitrogens with one attached hydrogen (secondary N) is 2. The number of hydrogen-bond donors (Lipinski definition) is 2. The van der Waals surface area contributed by atoms with Crippen LogP contribution in [0.15, 0.2) is 51.0 Å². The Morgan fingerprint density at radius 2 is 1.73 bits per heavy atom. The molecule has 0 saturated carbocycles. The fourth-order valence-electron chi connectivity index (χ4n) is 2.21. The first-order valence-corrected chi connectivity index (χ1v) is 10.8. The smallest absolute Gasteiger partial charge is 0.243 e. The van der Waals surface area contributed by atoms with Gasteiger partial charge in [-0.15, -0.1) is 0 Å². The molecule has 0 radical (unpaired) electrons. The van der Waals surface area contributed by atoms with Crippen LogP contribution in [0.4, 0.5) is 0 Å². The Morgan fingerprint density at radius 1 is 1.12 bits per heavy atom. The van der Waals surface area contributed by atoms with E-state index >= 15 is 0 Å². The van der Waals surface area contributed by atoms with Crippen LogP contribution >= 0.6 is 11.3 Å². The van der Waals surface area contributed by atoms with Crippen molar-refractivity contribution in [2.24, 2.45) is 4.99 Å². The molecule has 0 amide bonds. The number of thiophene rings is 1. The number of hydrogen-bond acceptors (Lipinski definition) is 4. The lowest BCUT2D eigenvalue weighted by Crippen LogP contribution is -2.36. The summed E-state index contributed by atoms with van der Waals surface area (Å²) in [7, 11) is -0.128. The standard InChI is InChI=1S/C18H26N4O2S2/c1-14(2)22(4)26(23,24)17-7-5-15(6-8-17)11-20-18(19-3)21-12-16-9-10-25-13-16/h5-10,13-14H,11-12H2,1-4H3,(H2,19,20,21). The van der Waals surface area contributed by atoms with Gasteiger partial charge in [-0.2, -0.15) is 15.6 Å². The van der Waals surface area contributed by atoms with E-state index in [4.69, 9.17) is 0 Å². The Balaban J connectivity index is 1.94. The zero-order valence-electron chi connectivity index (χ0n) is 15.6. The van der Waals surface area contributed by atoms with Crippen molar-refractivity contribution >= 4 is 27.3 Å². The van der Waals surface area contributed by atoms with Gasteiger partial charge < -0.3 is 10.6 Å². The monoisotopic (exact) mass is 394 g/mol. The maximum Gasteiger partial charge on any atom is 0.243 e. The van der Waals surface area contributed by atoms with E-state index in [0.29, 0.717) is 23.9 Å². The third-order valence-corrected chi connectivity index (χ3v) is 6.83. The highest BCUT2D eigenvalue weighted by molar-refractivity contribution is 7.89. The van der Waals surface area contributed by atoms with Gasteiger partial charge in [-0.3, -0.25) is 4.99 Å². The molecule has 2 N–H and O–H groups in total. The van der Waals surface area contributed by atoms with Gasteiger partial charge in [0.25, 0.3) is 0 Å². The second-order valence-electron chi connectivity index (χ2n) is 6.17. The molecule has 0 bridgehead atoms. The molecule has 0 saturated heterocycles. The van der Waals surface area contributed by atoms with Gasteiger partial charge in [-0.25, -0.2) is 8.42 Å². The van der Waals surface area contributed by atoms with Crippen LogP contribution in [0, 0.1) is 0 Å². The second kappa shape index (κ2) is 9.16. The SMILES string of the molecule is CN=C(NCc1ccc(S(=O)(=O)N(C)C(C)C)cc1)NCc1ccsc1. The second-order valence-corrected chi connectivity index (χ2v) is 8.95. The van der Waals surface area contributed by atoms with E-state index < -0.39 is 10.0 Å². The lowest BCUT2D eigenvalue weighted by atomic mass is 10.2. The average Bonchev–Trinajstić information content (AvgIpc) is 3.15. The molecule has 142 valence electrons. The molecule has 8 heteroatoms. The summed E-state index contributed by atoms with van der Waals surface area (Å²) in [6.07, 6.45) is 0. The van der Waals surface area contributed by atoms with Crippen molar-refractivity contribution in [1.82, 2.24) is 14.9 Å². The summed E-state index contributed by atoms with van der Waals surface area (Å²) in [6.45, 7) is 4.97. The molecule has 0 atom stereocenters. The van der Waals surface area contributed by atoms with Gasteiger partial charge in [0.2, 0.25) is 10.0 Å². The van der Waals surface area contributed by atoms with E-state index in [-0.39, 0.29) is 6.04 Å². The van der Waals surface area contributed by atoms with Gasteiger partial charge in [0.1, 0.15) is 0 Å². The van der Waals surface area contributed by atoms with Crippen molar-refractivity contribution < 1.29 is 8.42 Å². The van der Waals surface area contributed by atoms with Gasteiger partial charge in [-0.1, -0.05) is 12.1 Å². The highest BCUT2D eigenvalue weighted by Crippen LogP contribution is 2.17. The molecule has 0 spiro atoms. The van der Waals surface area contributed by atoms with E-state index in [1.54, 1.807) is 37.6 Å². The summed E-state index contributed by atoms with van der Waals surface area (Å²) in [5.74, 6) is 0.701. The van der Waals surface area contributed by atoms with Crippen LogP contribution in [-0.2, 0) is 23.1 Å². The van der Waals surface area contributed by atoms with Crippen LogP contribution in [0.25, 0.3) is 0 Å². The molecule has 0 aliphatic carbocycles. The fourth-order valence-corrected chi connectivity index (χ4v) is 4.24. The molecular formula is C18H26N4O2S2. The molecule has 1 aromatic carbocycles. The molecule has 1 heterocycles. The predicted octanol–water partition coefficient (Wildman–Crippen LogP) is 2.64. The number of nitrogens with zero attached hydrogens (tertiary/aromatic N) is 2. The largest absolute Gasteiger partial charge is 0.352 e. The number of sulfonamides is 1. The van der Waals surface area contributed by atoms with Gasteiger partial charge in [0.15, 0.2) is 5.96 Å². The Hall–Kier alpha value is -1.90. The third-order valence-electron chi connectivity index (χ3n) is 4.05. The Kier molecular flexibility index (Phi) is 7.19. The van der Waals surface area contributed by atoms with Crippen molar-refractivity contribution in [3.63, 3.8) is 0 Å². The van der Waals surface area contributed by atoms with Crippen LogP contribution in [0.5, 0.6) is 0 Å². The number of benzene rings is 1. The molecule has 0 fully saturated rings. The topological polar surface area (TPSA) is 73.8 Å². The highest BCUT2D eigenvalue weighted by Gasteiger charge is 2.22. The first kappa shape index (κ1) is 20.4. The molecule has 6 nitrogen and oxygen atoms in total. The summed E-state index contributed by atoms with van der Waals surface area (Å²) in [5.41, 5.74) is 2.19. The van der Waals surface area contributed by atoms with Crippen molar-refractivity contribution in [2.75, 3.05) is 14.1 Å². The maximum absolute atomic E-state index is 12.5. The molecule has 2 rings (SSSR count). The average molecular weight is 395 g/mol. The minimum atomic E-state index is -3.45. The van der Waals surface area contributed by atoms with Gasteiger partial charge >= 0.3 is 0 Å². The van der Waals surface area contributed by atoms with E-state index in [2.05, 4.69) is 27.1 Å². The van der Waals surface area contributed by atoms with Gasteiger partial charge in [-0.05, 0) is 53.9 Å². The molecular weight excluding hydrogens is 368 g/mol. The van der Waals surface area contributed by atoms with Crippen LogP contribution in [0.2, 0.25) is 0 Å². The van der Waals surface area contributed by atoms with Crippen molar-refractivity contribution in [3.8, 4) is 0 Å². The maximum atomic E-state index is 12.5. The van der Waals surface area contributed by atoms with Crippen LogP contribution in [0.3, 0.4) is 0 Å². The van der Waals surface area contributed by atoms with Crippen molar-refractivity contribution in [3.05, 3.63) is 52.2 Å². The number of aliphatic imine (C=N–C) groups is 1. The van der Waals surface area contributed by atoms with Crippen molar-refractivity contribution in [1.29, 1.82) is 0 Å². The van der Waals surface area contributed by atoms with E-state index in [1.807, 2.05) is 31.4 Å². The van der Waals surface area contributed by atoms with Crippen LogP contribution in [-0.4, -0.2) is 38.8 Å². The number of rotatable bonds is 7. The first-order chi connectivity index (χ1) is 12.3. The molecule has 1 aromatic heterocycles. The molecule has 0 aliphatic heterocycles. The van der Waals surface area contributed by atoms with Crippen molar-refractivity contribution in [2.45, 2.75) is 37.9 Å². The van der Waals surface area contributed by atoms with Gasteiger partial charge in [0.05, 0.1) is 4.90 Å². The summed E-state index contributed by atoms with van der Waals surface area (Å²) in [6, 6.07) is 8.91. The van der Waals surface area contributed by atoms with Gasteiger partial charge in [0, 0.05) is 33.2 Å². The Bertz CT molecular complexity index is 813. The third kappa shape index (κ3) is 5.30. The Labute approximate surface area is 160 Å². The predicted molar refractivity (Wildman–Crippen MR) is 108 cm³/mol. The van der Waals surface area contributed by atoms with Crippen LogP contribution < -0.4 is 10.6 Å². The summed E-state index contributed by atoms with van der Waals surface area (Å²) in [4.78, 5) is 4.50. The minimum absolute atomic E-state index is 0.0843. The fraction of sp³-hybridized carbons (Fsp3) is 0.389. The normalized spacial score (nSPS) is 12.6. The molecule has 26 heavy (non-hydrogen) atoms. The number of guanidine groups is 1. The zero-order chi connectivity index (χ0) is 19.2.